The summed E-state index contributed by atoms with van der Waals surface area (Å²) >= 11 is 5.98. The molecule has 20 heavy (non-hydrogen) atoms. The molecule has 0 aromatic heterocycles. The van der Waals surface area contributed by atoms with Crippen molar-refractivity contribution in [2.24, 2.45) is 0 Å². The van der Waals surface area contributed by atoms with Crippen molar-refractivity contribution < 1.29 is 14.9 Å². The Balaban J connectivity index is 2.18. The number of rotatable bonds is 4. The molecule has 0 radical (unpaired) electrons. The van der Waals surface area contributed by atoms with E-state index in [4.69, 9.17) is 16.3 Å². The predicted molar refractivity (Wildman–Crippen MR) is 79.8 cm³/mol. The van der Waals surface area contributed by atoms with Crippen LogP contribution in [0.1, 0.15) is 11.1 Å². The first-order valence-electron chi connectivity index (χ1n) is 6.10. The molecule has 2 aromatic rings. The van der Waals surface area contributed by atoms with Gasteiger partial charge < -0.3 is 20.3 Å². The molecule has 0 saturated heterocycles. The highest BCUT2D eigenvalue weighted by molar-refractivity contribution is 6.30. The van der Waals surface area contributed by atoms with Gasteiger partial charge in [-0.3, -0.25) is 0 Å². The number of phenolic OH excluding ortho intramolecular Hbond substituents is 2. The van der Waals surface area contributed by atoms with Crippen LogP contribution >= 0.6 is 11.6 Å². The van der Waals surface area contributed by atoms with Gasteiger partial charge in [0.25, 0.3) is 0 Å². The second-order valence-electron chi connectivity index (χ2n) is 4.47. The molecule has 106 valence electrons. The number of aryl methyl sites for hydroxylation is 1. The highest BCUT2D eigenvalue weighted by atomic mass is 35.5. The van der Waals surface area contributed by atoms with Gasteiger partial charge in [-0.15, -0.1) is 0 Å². The molecule has 0 saturated carbocycles. The second kappa shape index (κ2) is 5.92. The van der Waals surface area contributed by atoms with E-state index in [-0.39, 0.29) is 11.5 Å². The van der Waals surface area contributed by atoms with Crippen molar-refractivity contribution >= 4 is 17.3 Å². The molecule has 0 amide bonds. The number of hydrogen-bond donors (Lipinski definition) is 3. The van der Waals surface area contributed by atoms with Crippen molar-refractivity contribution in [3.05, 3.63) is 46.5 Å². The van der Waals surface area contributed by atoms with Gasteiger partial charge in [0.1, 0.15) is 5.75 Å². The molecule has 0 unspecified atom stereocenters. The Bertz CT molecular complexity index is 629. The summed E-state index contributed by atoms with van der Waals surface area (Å²) in [6.45, 7) is 2.22. The van der Waals surface area contributed by atoms with E-state index in [0.29, 0.717) is 22.9 Å². The van der Waals surface area contributed by atoms with E-state index >= 15 is 0 Å². The smallest absolute Gasteiger partial charge is 0.162 e. The normalized spacial score (nSPS) is 10.3. The average Bonchev–Trinajstić information content (AvgIpc) is 2.43. The first-order chi connectivity index (χ1) is 9.51. The summed E-state index contributed by atoms with van der Waals surface area (Å²) in [4.78, 5) is 0. The first-order valence-corrected chi connectivity index (χ1v) is 6.48. The maximum absolute atomic E-state index is 10.0. The summed E-state index contributed by atoms with van der Waals surface area (Å²) in [7, 11) is 1.48. The number of hydrogen-bond acceptors (Lipinski definition) is 4. The van der Waals surface area contributed by atoms with Crippen LogP contribution in [0.5, 0.6) is 17.2 Å². The van der Waals surface area contributed by atoms with Crippen LogP contribution in [0.2, 0.25) is 5.02 Å². The number of anilines is 1. The third kappa shape index (κ3) is 3.08. The zero-order valence-electron chi connectivity index (χ0n) is 11.3. The molecular formula is C15H16ClNO3. The molecule has 5 heteroatoms. The van der Waals surface area contributed by atoms with E-state index in [1.807, 2.05) is 13.0 Å². The van der Waals surface area contributed by atoms with Crippen molar-refractivity contribution in [2.75, 3.05) is 12.4 Å². The standard InChI is InChI=1S/C15H16ClNO3/c1-9-5-12(3-4-13(9)18)17-8-10-6-11(16)7-14(20-2)15(10)19/h3-7,17-19H,8H2,1-2H3. The quantitative estimate of drug-likeness (QED) is 0.753. The molecule has 0 fully saturated rings. The zero-order valence-corrected chi connectivity index (χ0v) is 12.0. The summed E-state index contributed by atoms with van der Waals surface area (Å²) in [5.41, 5.74) is 2.27. The first kappa shape index (κ1) is 14.3. The fourth-order valence-corrected chi connectivity index (χ4v) is 2.11. The van der Waals surface area contributed by atoms with Gasteiger partial charge in [-0.25, -0.2) is 0 Å². The Labute approximate surface area is 122 Å². The van der Waals surface area contributed by atoms with Crippen LogP contribution in [0.15, 0.2) is 30.3 Å². The Morgan fingerprint density at radius 2 is 1.95 bits per heavy atom. The molecule has 0 aliphatic rings. The Hall–Kier alpha value is -2.07. The van der Waals surface area contributed by atoms with Gasteiger partial charge >= 0.3 is 0 Å². The van der Waals surface area contributed by atoms with Crippen molar-refractivity contribution in [1.29, 1.82) is 0 Å². The molecule has 4 nitrogen and oxygen atoms in total. The molecule has 2 rings (SSSR count). The number of ether oxygens (including phenoxy) is 1. The van der Waals surface area contributed by atoms with Crippen LogP contribution in [0, 0.1) is 6.92 Å². The van der Waals surface area contributed by atoms with Gasteiger partial charge in [0, 0.05) is 28.9 Å². The molecule has 0 bridgehead atoms. The van der Waals surface area contributed by atoms with E-state index in [2.05, 4.69) is 5.32 Å². The van der Waals surface area contributed by atoms with E-state index < -0.39 is 0 Å². The van der Waals surface area contributed by atoms with E-state index in [0.717, 1.165) is 11.3 Å². The minimum absolute atomic E-state index is 0.0694. The number of benzene rings is 2. The van der Waals surface area contributed by atoms with Crippen LogP contribution in [0.4, 0.5) is 5.69 Å². The summed E-state index contributed by atoms with van der Waals surface area (Å²) in [6.07, 6.45) is 0. The Morgan fingerprint density at radius 3 is 2.60 bits per heavy atom. The highest BCUT2D eigenvalue weighted by Crippen LogP contribution is 2.34. The molecule has 3 N–H and O–H groups in total. The fourth-order valence-electron chi connectivity index (χ4n) is 1.88. The number of phenols is 2. The largest absolute Gasteiger partial charge is 0.508 e. The van der Waals surface area contributed by atoms with Crippen molar-refractivity contribution in [3.63, 3.8) is 0 Å². The van der Waals surface area contributed by atoms with Crippen LogP contribution in [0.3, 0.4) is 0 Å². The average molecular weight is 294 g/mol. The molecule has 0 atom stereocenters. The minimum Gasteiger partial charge on any atom is -0.508 e. The summed E-state index contributed by atoms with van der Waals surface area (Å²) in [5, 5.41) is 23.2. The van der Waals surface area contributed by atoms with Crippen molar-refractivity contribution in [3.8, 4) is 17.2 Å². The maximum atomic E-state index is 10.0. The number of nitrogens with one attached hydrogen (secondary N) is 1. The Kier molecular flexibility index (Phi) is 4.25. The molecule has 0 aliphatic heterocycles. The van der Waals surface area contributed by atoms with Crippen LogP contribution < -0.4 is 10.1 Å². The lowest BCUT2D eigenvalue weighted by Gasteiger charge is -2.12. The fraction of sp³-hybridized carbons (Fsp3) is 0.200. The molecule has 0 aliphatic carbocycles. The van der Waals surface area contributed by atoms with Gasteiger partial charge in [0.2, 0.25) is 0 Å². The van der Waals surface area contributed by atoms with E-state index in [1.165, 1.54) is 7.11 Å². The van der Waals surface area contributed by atoms with E-state index in [9.17, 15) is 10.2 Å². The number of methoxy groups -OCH3 is 1. The zero-order chi connectivity index (χ0) is 14.7. The highest BCUT2D eigenvalue weighted by Gasteiger charge is 2.10. The predicted octanol–water partition coefficient (Wildman–Crippen LogP) is 3.68. The van der Waals surface area contributed by atoms with Gasteiger partial charge in [0.15, 0.2) is 11.5 Å². The topological polar surface area (TPSA) is 61.7 Å². The lowest BCUT2D eigenvalue weighted by atomic mass is 10.1. The van der Waals surface area contributed by atoms with Gasteiger partial charge in [0.05, 0.1) is 7.11 Å². The monoisotopic (exact) mass is 293 g/mol. The molecule has 2 aromatic carbocycles. The number of aromatic hydroxyl groups is 2. The second-order valence-corrected chi connectivity index (χ2v) is 4.91. The summed E-state index contributed by atoms with van der Waals surface area (Å²) < 4.78 is 5.06. The minimum atomic E-state index is 0.0694. The third-order valence-electron chi connectivity index (χ3n) is 3.02. The van der Waals surface area contributed by atoms with Gasteiger partial charge in [-0.05, 0) is 36.8 Å². The summed E-state index contributed by atoms with van der Waals surface area (Å²) in [5.74, 6) is 0.666. The van der Waals surface area contributed by atoms with Crippen LogP contribution in [-0.2, 0) is 6.54 Å². The lowest BCUT2D eigenvalue weighted by Crippen LogP contribution is -2.01. The molecule has 0 spiro atoms. The summed E-state index contributed by atoms with van der Waals surface area (Å²) in [6, 6.07) is 8.45. The van der Waals surface area contributed by atoms with Gasteiger partial charge in [-0.2, -0.15) is 0 Å². The van der Waals surface area contributed by atoms with Crippen molar-refractivity contribution in [1.82, 2.24) is 0 Å². The van der Waals surface area contributed by atoms with Gasteiger partial charge in [-0.1, -0.05) is 11.6 Å². The maximum Gasteiger partial charge on any atom is 0.162 e. The Morgan fingerprint density at radius 1 is 1.20 bits per heavy atom. The van der Waals surface area contributed by atoms with Crippen LogP contribution in [0.25, 0.3) is 0 Å². The molecule has 0 heterocycles. The van der Waals surface area contributed by atoms with Crippen LogP contribution in [-0.4, -0.2) is 17.3 Å². The SMILES string of the molecule is COc1cc(Cl)cc(CNc2ccc(O)c(C)c2)c1O. The lowest BCUT2D eigenvalue weighted by molar-refractivity contribution is 0.371. The van der Waals surface area contributed by atoms with E-state index in [1.54, 1.807) is 24.3 Å². The third-order valence-corrected chi connectivity index (χ3v) is 3.24. The molecular weight excluding hydrogens is 278 g/mol. The number of halogens is 1. The van der Waals surface area contributed by atoms with Crippen molar-refractivity contribution in [2.45, 2.75) is 13.5 Å².